The van der Waals surface area contributed by atoms with Crippen LogP contribution >= 0.6 is 0 Å². The van der Waals surface area contributed by atoms with Gasteiger partial charge < -0.3 is 29.8 Å². The number of ether oxygens (including phenoxy) is 2. The zero-order chi connectivity index (χ0) is 24.8. The number of rotatable bonds is 9. The highest BCUT2D eigenvalue weighted by Gasteiger charge is 2.17. The molecule has 0 fully saturated rings. The summed E-state index contributed by atoms with van der Waals surface area (Å²) in [6, 6.07) is 14.4. The fourth-order valence-electron chi connectivity index (χ4n) is 3.52. The number of hydrogen-bond donors (Lipinski definition) is 3. The average Bonchev–Trinajstić information content (AvgIpc) is 3.18. The first-order valence-electron chi connectivity index (χ1n) is 10.8. The van der Waals surface area contributed by atoms with Crippen molar-refractivity contribution in [1.82, 2.24) is 20.6 Å². The average molecular weight is 476 g/mol. The molecule has 10 nitrogen and oxygen atoms in total. The summed E-state index contributed by atoms with van der Waals surface area (Å²) in [5, 5.41) is 9.25. The number of carbonyl (C=O) groups excluding carboxylic acids is 2. The highest BCUT2D eigenvalue weighted by Crippen LogP contribution is 2.30. The SMILES string of the molecule is CNC(=O)c1c(C)oc2cc(Oc3ccnc(Nc4cccc(CNC(=O)COC)c4)n3)ccc12. The van der Waals surface area contributed by atoms with Gasteiger partial charge in [0.05, 0.1) is 5.56 Å². The molecule has 2 aromatic carbocycles. The van der Waals surface area contributed by atoms with Crippen molar-refractivity contribution in [3.05, 3.63) is 71.6 Å². The zero-order valence-electron chi connectivity index (χ0n) is 19.5. The highest BCUT2D eigenvalue weighted by molar-refractivity contribution is 6.07. The molecule has 2 heterocycles. The van der Waals surface area contributed by atoms with Crippen molar-refractivity contribution in [3.63, 3.8) is 0 Å². The molecule has 0 aliphatic carbocycles. The van der Waals surface area contributed by atoms with Crippen LogP contribution in [0.5, 0.6) is 11.6 Å². The van der Waals surface area contributed by atoms with Gasteiger partial charge in [-0.3, -0.25) is 9.59 Å². The Morgan fingerprint density at radius 1 is 1.11 bits per heavy atom. The Morgan fingerprint density at radius 3 is 2.77 bits per heavy atom. The number of fused-ring (bicyclic) bond motifs is 1. The topological polar surface area (TPSA) is 128 Å². The maximum Gasteiger partial charge on any atom is 0.255 e. The van der Waals surface area contributed by atoms with Crippen molar-refractivity contribution in [2.24, 2.45) is 0 Å². The Balaban J connectivity index is 1.46. The first kappa shape index (κ1) is 23.7. The predicted octanol–water partition coefficient (Wildman–Crippen LogP) is 3.69. The quantitative estimate of drug-likeness (QED) is 0.334. The van der Waals surface area contributed by atoms with Crippen LogP contribution in [0.1, 0.15) is 21.7 Å². The summed E-state index contributed by atoms with van der Waals surface area (Å²) < 4.78 is 16.5. The second kappa shape index (κ2) is 10.7. The van der Waals surface area contributed by atoms with E-state index in [0.29, 0.717) is 46.4 Å². The van der Waals surface area contributed by atoms with Gasteiger partial charge in [0.2, 0.25) is 17.7 Å². The Labute approximate surface area is 201 Å². The van der Waals surface area contributed by atoms with E-state index in [4.69, 9.17) is 13.9 Å². The largest absolute Gasteiger partial charge is 0.460 e. The minimum atomic E-state index is -0.206. The third kappa shape index (κ3) is 5.74. The van der Waals surface area contributed by atoms with Crippen molar-refractivity contribution in [3.8, 4) is 11.6 Å². The van der Waals surface area contributed by atoms with Gasteiger partial charge in [0.1, 0.15) is 23.7 Å². The van der Waals surface area contributed by atoms with Crippen LogP contribution in [0.25, 0.3) is 11.0 Å². The van der Waals surface area contributed by atoms with Crippen LogP contribution < -0.4 is 20.7 Å². The highest BCUT2D eigenvalue weighted by atomic mass is 16.5. The predicted molar refractivity (Wildman–Crippen MR) is 130 cm³/mol. The van der Waals surface area contributed by atoms with Crippen LogP contribution in [0, 0.1) is 6.92 Å². The van der Waals surface area contributed by atoms with E-state index in [0.717, 1.165) is 11.3 Å². The van der Waals surface area contributed by atoms with Crippen molar-refractivity contribution >= 4 is 34.4 Å². The minimum Gasteiger partial charge on any atom is -0.460 e. The monoisotopic (exact) mass is 475 g/mol. The third-order valence-electron chi connectivity index (χ3n) is 5.09. The summed E-state index contributed by atoms with van der Waals surface area (Å²) in [5.74, 6) is 1.33. The summed E-state index contributed by atoms with van der Waals surface area (Å²) >= 11 is 0. The minimum absolute atomic E-state index is 0.0142. The fourth-order valence-corrected chi connectivity index (χ4v) is 3.52. The summed E-state index contributed by atoms with van der Waals surface area (Å²) in [5.41, 5.74) is 2.71. The molecule has 0 bridgehead atoms. The molecule has 0 atom stereocenters. The number of aromatic nitrogens is 2. The maximum atomic E-state index is 12.1. The van der Waals surface area contributed by atoms with Crippen LogP contribution in [0.3, 0.4) is 0 Å². The molecule has 4 aromatic rings. The van der Waals surface area contributed by atoms with Crippen molar-refractivity contribution in [2.75, 3.05) is 26.1 Å². The fraction of sp³-hybridized carbons (Fsp3) is 0.200. The van der Waals surface area contributed by atoms with Gasteiger partial charge in [0.15, 0.2) is 0 Å². The Kier molecular flexibility index (Phi) is 7.22. The van der Waals surface area contributed by atoms with Crippen LogP contribution in [-0.4, -0.2) is 42.5 Å². The number of aryl methyl sites for hydroxylation is 1. The molecule has 0 unspecified atom stereocenters. The Hall–Kier alpha value is -4.44. The van der Waals surface area contributed by atoms with E-state index in [9.17, 15) is 9.59 Å². The van der Waals surface area contributed by atoms with Crippen molar-refractivity contribution in [2.45, 2.75) is 13.5 Å². The summed E-state index contributed by atoms with van der Waals surface area (Å²) in [6.45, 7) is 2.13. The molecule has 2 aromatic heterocycles. The van der Waals surface area contributed by atoms with Crippen LogP contribution in [-0.2, 0) is 16.1 Å². The molecular weight excluding hydrogens is 450 g/mol. The normalized spacial score (nSPS) is 10.7. The van der Waals surface area contributed by atoms with Gasteiger partial charge in [-0.1, -0.05) is 12.1 Å². The molecule has 0 saturated carbocycles. The Morgan fingerprint density at radius 2 is 1.97 bits per heavy atom. The van der Waals surface area contributed by atoms with Gasteiger partial charge in [0, 0.05) is 50.1 Å². The molecule has 0 radical (unpaired) electrons. The first-order chi connectivity index (χ1) is 17.0. The van der Waals surface area contributed by atoms with E-state index in [1.165, 1.54) is 7.11 Å². The third-order valence-corrected chi connectivity index (χ3v) is 5.09. The van der Waals surface area contributed by atoms with Crippen LogP contribution in [0.4, 0.5) is 11.6 Å². The lowest BCUT2D eigenvalue weighted by molar-refractivity contribution is -0.124. The van der Waals surface area contributed by atoms with Gasteiger partial charge in [-0.25, -0.2) is 4.98 Å². The van der Waals surface area contributed by atoms with Gasteiger partial charge >= 0.3 is 0 Å². The molecule has 4 rings (SSSR count). The summed E-state index contributed by atoms with van der Waals surface area (Å²) in [4.78, 5) is 32.4. The van der Waals surface area contributed by atoms with E-state index in [1.807, 2.05) is 24.3 Å². The van der Waals surface area contributed by atoms with Gasteiger partial charge in [-0.15, -0.1) is 0 Å². The molecule has 3 N–H and O–H groups in total. The molecule has 0 saturated heterocycles. The van der Waals surface area contributed by atoms with Gasteiger partial charge in [0.25, 0.3) is 5.91 Å². The Bertz CT molecular complexity index is 1370. The zero-order valence-corrected chi connectivity index (χ0v) is 19.5. The number of furan rings is 1. The van der Waals surface area contributed by atoms with E-state index < -0.39 is 0 Å². The molecule has 0 spiro atoms. The van der Waals surface area contributed by atoms with E-state index in [1.54, 1.807) is 44.4 Å². The van der Waals surface area contributed by atoms with Gasteiger partial charge in [-0.05, 0) is 36.8 Å². The summed E-state index contributed by atoms with van der Waals surface area (Å²) in [7, 11) is 3.05. The maximum absolute atomic E-state index is 12.1. The van der Waals surface area contributed by atoms with Crippen LogP contribution in [0.2, 0.25) is 0 Å². The smallest absolute Gasteiger partial charge is 0.255 e. The number of nitrogens with one attached hydrogen (secondary N) is 3. The van der Waals surface area contributed by atoms with E-state index in [-0.39, 0.29) is 18.4 Å². The second-order valence-corrected chi connectivity index (χ2v) is 7.63. The number of methoxy groups -OCH3 is 1. The number of carbonyl (C=O) groups is 2. The van der Waals surface area contributed by atoms with Gasteiger partial charge in [-0.2, -0.15) is 4.98 Å². The molecule has 10 heteroatoms. The first-order valence-corrected chi connectivity index (χ1v) is 10.8. The number of nitrogens with zero attached hydrogens (tertiary/aromatic N) is 2. The number of benzene rings is 2. The second-order valence-electron chi connectivity index (χ2n) is 7.63. The lowest BCUT2D eigenvalue weighted by Gasteiger charge is -2.10. The molecule has 2 amide bonds. The molecule has 180 valence electrons. The number of anilines is 2. The molecule has 0 aliphatic heterocycles. The molecule has 0 aliphatic rings. The van der Waals surface area contributed by atoms with Crippen molar-refractivity contribution in [1.29, 1.82) is 0 Å². The van der Waals surface area contributed by atoms with E-state index >= 15 is 0 Å². The number of amides is 2. The number of hydrogen-bond acceptors (Lipinski definition) is 8. The lowest BCUT2D eigenvalue weighted by Crippen LogP contribution is -2.26. The standard InChI is InChI=1S/C25H25N5O5/c1-15-23(24(32)26-2)19-8-7-18(12-20(19)34-15)35-22-9-10-27-25(30-22)29-17-6-4-5-16(11-17)13-28-21(31)14-33-3/h4-12H,13-14H2,1-3H3,(H,26,32)(H,28,31)(H,27,29,30). The van der Waals surface area contributed by atoms with Crippen LogP contribution in [0.15, 0.2) is 59.1 Å². The van der Waals surface area contributed by atoms with Crippen molar-refractivity contribution < 1.29 is 23.5 Å². The summed E-state index contributed by atoms with van der Waals surface area (Å²) in [6.07, 6.45) is 1.58. The molecular formula is C25H25N5O5. The van der Waals surface area contributed by atoms with E-state index in [2.05, 4.69) is 25.9 Å². The molecule has 35 heavy (non-hydrogen) atoms. The lowest BCUT2D eigenvalue weighted by atomic mass is 10.1.